The Morgan fingerprint density at radius 2 is 1.39 bits per heavy atom. The third-order valence-electron chi connectivity index (χ3n) is 12.5. The Morgan fingerprint density at radius 1 is 0.771 bits per heavy atom. The van der Waals surface area contributed by atoms with Crippen LogP contribution >= 0.6 is 15.6 Å². The van der Waals surface area contributed by atoms with Gasteiger partial charge < -0.3 is 59.9 Å². The van der Waals surface area contributed by atoms with Crippen LogP contribution in [0.4, 0.5) is 0 Å². The number of allylic oxidation sites excluding steroid dienone is 6. The number of aliphatic hydroxyl groups excluding tert-OH is 7. The van der Waals surface area contributed by atoms with E-state index in [9.17, 15) is 69.1 Å². The number of cyclic esters (lactones) is 1. The van der Waals surface area contributed by atoms with Crippen LogP contribution in [-0.4, -0.2) is 137 Å². The van der Waals surface area contributed by atoms with Crippen LogP contribution < -0.4 is 0 Å². The van der Waals surface area contributed by atoms with E-state index in [1.807, 2.05) is 6.92 Å². The van der Waals surface area contributed by atoms with Crippen LogP contribution in [0, 0.1) is 11.8 Å². The first-order valence-corrected chi connectivity index (χ1v) is 28.5. The van der Waals surface area contributed by atoms with Crippen molar-refractivity contribution in [1.82, 2.24) is 0 Å². The van der Waals surface area contributed by atoms with Gasteiger partial charge in [-0.05, 0) is 64.2 Å². The van der Waals surface area contributed by atoms with Gasteiger partial charge in [0.25, 0.3) is 0 Å². The smallest absolute Gasteiger partial charge is 0.462 e. The summed E-state index contributed by atoms with van der Waals surface area (Å²) in [6.07, 6.45) is 8.04. The lowest BCUT2D eigenvalue weighted by Crippen LogP contribution is -2.56. The molecule has 2 bridgehead atoms. The van der Waals surface area contributed by atoms with Gasteiger partial charge in [-0.1, -0.05) is 127 Å². The lowest BCUT2D eigenvalue weighted by Gasteiger charge is -2.39. The van der Waals surface area contributed by atoms with Gasteiger partial charge in [-0.15, -0.1) is 0 Å². The number of unbranched alkanes of at least 4 members (excludes halogenated alkanes) is 9. The molecule has 2 fully saturated rings. The van der Waals surface area contributed by atoms with Crippen LogP contribution in [0.25, 0.3) is 0 Å². The molecule has 1 saturated heterocycles. The second kappa shape index (κ2) is 35.9. The predicted octanol–water partition coefficient (Wildman–Crippen LogP) is 6.44. The van der Waals surface area contributed by atoms with Gasteiger partial charge in [0, 0.05) is 31.1 Å². The van der Waals surface area contributed by atoms with Crippen molar-refractivity contribution in [1.29, 1.82) is 0 Å². The van der Waals surface area contributed by atoms with Gasteiger partial charge in [0.05, 0.1) is 37.1 Å². The van der Waals surface area contributed by atoms with Crippen molar-refractivity contribution >= 4 is 27.6 Å². The average molecular weight is 1040 g/mol. The Labute approximate surface area is 414 Å². The van der Waals surface area contributed by atoms with Gasteiger partial charge in [0.1, 0.15) is 31.0 Å². The summed E-state index contributed by atoms with van der Waals surface area (Å²) in [6, 6.07) is 0. The topological polar surface area (TPSA) is 317 Å². The van der Waals surface area contributed by atoms with E-state index in [0.717, 1.165) is 57.4 Å². The van der Waals surface area contributed by atoms with Crippen molar-refractivity contribution in [2.45, 2.75) is 223 Å². The lowest BCUT2D eigenvalue weighted by molar-refractivity contribution is -0.165. The largest absolute Gasteiger partial charge is 0.472 e. The van der Waals surface area contributed by atoms with E-state index in [1.165, 1.54) is 25.3 Å². The molecule has 10 N–H and O–H groups in total. The molecule has 13 atom stereocenters. The van der Waals surface area contributed by atoms with Crippen LogP contribution in [0.15, 0.2) is 48.6 Å². The summed E-state index contributed by atoms with van der Waals surface area (Å²) in [6.45, 7) is 2.56. The number of carbonyl (C=O) groups excluding carboxylic acids is 2. The fourth-order valence-electron chi connectivity index (χ4n) is 8.42. The number of ether oxygens (including phenoxy) is 2. The highest BCUT2D eigenvalue weighted by Crippen LogP contribution is 2.50. The number of hydrogen-bond acceptors (Lipinski definition) is 16. The fraction of sp³-hybridized carbons (Fsp3) is 0.796. The molecule has 1 aliphatic carbocycles. The summed E-state index contributed by atoms with van der Waals surface area (Å²) >= 11 is 0. The molecule has 1 saturated carbocycles. The molecular weight excluding hydrogens is 954 g/mol. The van der Waals surface area contributed by atoms with Crippen molar-refractivity contribution in [2.24, 2.45) is 11.8 Å². The predicted molar refractivity (Wildman–Crippen MR) is 262 cm³/mol. The molecule has 0 radical (unpaired) electrons. The van der Waals surface area contributed by atoms with E-state index in [1.54, 1.807) is 0 Å². The Morgan fingerprint density at radius 3 is 2.04 bits per heavy atom. The number of esters is 2. The number of rotatable bonds is 24. The molecule has 1 heterocycles. The zero-order valence-corrected chi connectivity index (χ0v) is 43.1. The van der Waals surface area contributed by atoms with E-state index < -0.39 is 120 Å². The molecular formula is C49H86O19P2. The van der Waals surface area contributed by atoms with Gasteiger partial charge in [-0.3, -0.25) is 23.2 Å². The quantitative estimate of drug-likeness (QED) is 0.0215. The number of phosphoric acid groups is 2. The van der Waals surface area contributed by atoms with Crippen LogP contribution in [0.3, 0.4) is 0 Å². The van der Waals surface area contributed by atoms with Gasteiger partial charge in [0.2, 0.25) is 0 Å². The van der Waals surface area contributed by atoms with Gasteiger partial charge in [-0.2, -0.15) is 0 Å². The molecule has 0 aromatic heterocycles. The minimum atomic E-state index is -5.76. The minimum Gasteiger partial charge on any atom is -0.462 e. The highest BCUT2D eigenvalue weighted by molar-refractivity contribution is 7.47. The monoisotopic (exact) mass is 1040 g/mol. The van der Waals surface area contributed by atoms with Crippen LogP contribution in [0.2, 0.25) is 0 Å². The maximum atomic E-state index is 13.8. The van der Waals surface area contributed by atoms with E-state index in [4.69, 9.17) is 23.0 Å². The molecule has 406 valence electrons. The normalized spacial score (nSPS) is 31.4. The molecule has 21 heteroatoms. The van der Waals surface area contributed by atoms with Crippen LogP contribution in [-0.2, 0) is 41.8 Å². The van der Waals surface area contributed by atoms with Crippen molar-refractivity contribution in [3.05, 3.63) is 48.6 Å². The molecule has 0 spiro atoms. The van der Waals surface area contributed by atoms with E-state index in [-0.39, 0.29) is 32.1 Å². The third kappa shape index (κ3) is 27.2. The van der Waals surface area contributed by atoms with Crippen molar-refractivity contribution in [3.8, 4) is 0 Å². The summed E-state index contributed by atoms with van der Waals surface area (Å²) in [5.41, 5.74) is 0. The van der Waals surface area contributed by atoms with Crippen molar-refractivity contribution in [3.63, 3.8) is 0 Å². The summed E-state index contributed by atoms with van der Waals surface area (Å²) in [5, 5.41) is 80.0. The summed E-state index contributed by atoms with van der Waals surface area (Å²) < 4.78 is 52.4. The SMILES string of the molecule is CCCCC/C=C\C/C=C\C/C=C\CCCCCCC(=O)O[C@@H]1COC(=O)CCCCCC[C@@H]2[C@@H](O)[C@H](O)[C@@H](O)[C@H](OP(=O)(O)OC1)[C@H](OP(=O)(O)O)[C@H](O)[C@@H](/C=C/[C@@H](O)CCCCC)[C@H](O)C[C@@H]2O. The maximum absolute atomic E-state index is 13.8. The molecule has 70 heavy (non-hydrogen) atoms. The standard InChI is InChI=1S/C49H86O19P2/c1-3-5-7-8-9-10-11-12-13-14-15-16-17-18-19-20-26-30-43(54)66-37-34-64-42(53)29-25-22-21-24-28-38-40(51)33-41(52)39(32-31-36(50)27-23-6-4-2)45(56)48(67-69(59,60)61)49(47(58)46(57)44(38)55)68-70(62,63)65-35-37/h9-10,12-13,15-16,31-32,36-41,44-52,55-58H,3-8,11,14,17-30,33-35H2,1-2H3,(H,62,63)(H2,59,60,61)/b10-9-,13-12-,16-15-,32-31+/t36-,37+,38-,39-,40-,41+,44+,45+,46-,47+,48+,49-/m0/s1. The third-order valence-corrected chi connectivity index (χ3v) is 14.0. The zero-order chi connectivity index (χ0) is 52.0. The van der Waals surface area contributed by atoms with Gasteiger partial charge >= 0.3 is 27.6 Å². The molecule has 1 aliphatic heterocycles. The zero-order valence-electron chi connectivity index (χ0n) is 41.3. The summed E-state index contributed by atoms with van der Waals surface area (Å²) in [4.78, 5) is 56.9. The molecule has 0 amide bonds. The van der Waals surface area contributed by atoms with Crippen molar-refractivity contribution < 1.29 is 92.2 Å². The maximum Gasteiger partial charge on any atom is 0.472 e. The average Bonchev–Trinajstić information content (AvgIpc) is 3.30. The van der Waals surface area contributed by atoms with Crippen molar-refractivity contribution in [2.75, 3.05) is 13.2 Å². The Kier molecular flexibility index (Phi) is 32.8. The number of aliphatic hydroxyl groups is 7. The van der Waals surface area contributed by atoms with Gasteiger partial charge in [-0.25, -0.2) is 9.13 Å². The number of hydrogen-bond donors (Lipinski definition) is 10. The number of fused-ring (bicyclic) bond motifs is 4. The van der Waals surface area contributed by atoms with E-state index >= 15 is 0 Å². The number of carbonyl (C=O) groups is 2. The van der Waals surface area contributed by atoms with E-state index in [0.29, 0.717) is 38.5 Å². The first-order chi connectivity index (χ1) is 33.3. The molecule has 0 aromatic carbocycles. The summed E-state index contributed by atoms with van der Waals surface area (Å²) in [5.74, 6) is -4.41. The van der Waals surface area contributed by atoms with E-state index in [2.05, 4.69) is 43.4 Å². The van der Waals surface area contributed by atoms with Gasteiger partial charge in [0.15, 0.2) is 6.10 Å². The number of phosphoric ester groups is 2. The first-order valence-electron chi connectivity index (χ1n) is 25.4. The molecule has 2 aliphatic rings. The highest BCUT2D eigenvalue weighted by atomic mass is 31.2. The fourth-order valence-corrected chi connectivity index (χ4v) is 9.94. The first kappa shape index (κ1) is 64.0. The summed E-state index contributed by atoms with van der Waals surface area (Å²) in [7, 11) is -11.4. The molecule has 2 rings (SSSR count). The Hall–Kier alpha value is -2.16. The molecule has 1 unspecified atom stereocenters. The second-order valence-electron chi connectivity index (χ2n) is 18.5. The van der Waals surface area contributed by atoms with Crippen LogP contribution in [0.1, 0.15) is 162 Å². The second-order valence-corrected chi connectivity index (χ2v) is 21.1. The Balaban J connectivity index is 2.31. The Bertz CT molecular complexity index is 1650. The van der Waals surface area contributed by atoms with Crippen LogP contribution in [0.5, 0.6) is 0 Å². The highest BCUT2D eigenvalue weighted by Gasteiger charge is 2.51. The molecule has 19 nitrogen and oxygen atoms in total. The lowest BCUT2D eigenvalue weighted by atomic mass is 9.82. The minimum absolute atomic E-state index is 0.0294. The molecule has 0 aromatic rings.